The third-order valence-corrected chi connectivity index (χ3v) is 3.54. The van der Waals surface area contributed by atoms with Crippen LogP contribution in [0.15, 0.2) is 34.9 Å². The number of carbonyl (C=O) groups excluding carboxylic acids is 1. The van der Waals surface area contributed by atoms with Gasteiger partial charge in [-0.25, -0.2) is 0 Å². The molecule has 2 rings (SSSR count). The van der Waals surface area contributed by atoms with E-state index in [1.807, 2.05) is 42.8 Å². The quantitative estimate of drug-likeness (QED) is 0.877. The molecule has 100 valence electrons. The summed E-state index contributed by atoms with van der Waals surface area (Å²) in [5.41, 5.74) is 2.34. The molecule has 0 saturated heterocycles. The Balaban J connectivity index is 2.25. The van der Waals surface area contributed by atoms with E-state index < -0.39 is 0 Å². The van der Waals surface area contributed by atoms with Gasteiger partial charge in [0, 0.05) is 27.9 Å². The number of aromatic nitrogens is 1. The third kappa shape index (κ3) is 3.19. The molecular formula is C14H14BrClN2O. The molecule has 1 amide bonds. The average Bonchev–Trinajstić information content (AvgIpc) is 2.74. The second kappa shape index (κ2) is 5.80. The van der Waals surface area contributed by atoms with Crippen LogP contribution in [0.3, 0.4) is 0 Å². The normalized spacial score (nSPS) is 10.5. The molecule has 0 spiro atoms. The smallest absolute Gasteiger partial charge is 0.272 e. The van der Waals surface area contributed by atoms with E-state index in [4.69, 9.17) is 11.6 Å². The van der Waals surface area contributed by atoms with Crippen molar-refractivity contribution < 1.29 is 4.79 Å². The van der Waals surface area contributed by atoms with Gasteiger partial charge in [0.25, 0.3) is 5.91 Å². The van der Waals surface area contributed by atoms with Crippen molar-refractivity contribution in [3.8, 4) is 0 Å². The van der Waals surface area contributed by atoms with E-state index in [9.17, 15) is 4.79 Å². The molecule has 19 heavy (non-hydrogen) atoms. The van der Waals surface area contributed by atoms with Crippen molar-refractivity contribution in [2.45, 2.75) is 20.4 Å². The standard InChI is InChI=1S/C14H14BrClN2O/c1-3-18-8-10(15)7-13(18)14(19)17-12-5-4-11(16)6-9(12)2/h4-8H,3H2,1-2H3,(H,17,19). The lowest BCUT2D eigenvalue weighted by atomic mass is 10.2. The minimum atomic E-state index is -0.127. The van der Waals surface area contributed by atoms with Crippen molar-refractivity contribution in [3.63, 3.8) is 0 Å². The molecule has 0 aliphatic heterocycles. The van der Waals surface area contributed by atoms with Crippen LogP contribution >= 0.6 is 27.5 Å². The Morgan fingerprint density at radius 2 is 2.16 bits per heavy atom. The van der Waals surface area contributed by atoms with Crippen LogP contribution in [0.1, 0.15) is 23.0 Å². The first kappa shape index (κ1) is 14.2. The zero-order chi connectivity index (χ0) is 14.0. The first-order valence-electron chi connectivity index (χ1n) is 5.94. The number of benzene rings is 1. The van der Waals surface area contributed by atoms with Gasteiger partial charge < -0.3 is 9.88 Å². The predicted molar refractivity (Wildman–Crippen MR) is 81.9 cm³/mol. The Labute approximate surface area is 125 Å². The molecule has 1 aromatic heterocycles. The number of carbonyl (C=O) groups is 1. The molecule has 2 aromatic rings. The van der Waals surface area contributed by atoms with Crippen LogP contribution < -0.4 is 5.32 Å². The Kier molecular flexibility index (Phi) is 4.32. The molecule has 3 nitrogen and oxygen atoms in total. The summed E-state index contributed by atoms with van der Waals surface area (Å²) in [6, 6.07) is 7.21. The molecule has 0 saturated carbocycles. The Bertz CT molecular complexity index is 622. The molecule has 0 atom stereocenters. The molecule has 0 unspecified atom stereocenters. The van der Waals surface area contributed by atoms with E-state index in [-0.39, 0.29) is 5.91 Å². The molecule has 1 heterocycles. The van der Waals surface area contributed by atoms with Gasteiger partial charge in [0.15, 0.2) is 0 Å². The van der Waals surface area contributed by atoms with Crippen LogP contribution in [0, 0.1) is 6.92 Å². The zero-order valence-corrected chi connectivity index (χ0v) is 13.0. The monoisotopic (exact) mass is 340 g/mol. The maximum absolute atomic E-state index is 12.3. The van der Waals surface area contributed by atoms with Crippen molar-refractivity contribution in [2.75, 3.05) is 5.32 Å². The molecule has 0 fully saturated rings. The molecular weight excluding hydrogens is 328 g/mol. The van der Waals surface area contributed by atoms with Gasteiger partial charge in [-0.1, -0.05) is 11.6 Å². The summed E-state index contributed by atoms with van der Waals surface area (Å²) in [5, 5.41) is 3.56. The topological polar surface area (TPSA) is 34.0 Å². The second-order valence-electron chi connectivity index (χ2n) is 4.24. The van der Waals surface area contributed by atoms with Gasteiger partial charge in [-0.3, -0.25) is 4.79 Å². The summed E-state index contributed by atoms with van der Waals surface area (Å²) in [5.74, 6) is -0.127. The number of nitrogens with zero attached hydrogens (tertiary/aromatic N) is 1. The molecule has 1 N–H and O–H groups in total. The zero-order valence-electron chi connectivity index (χ0n) is 10.7. The summed E-state index contributed by atoms with van der Waals surface area (Å²) < 4.78 is 2.79. The molecule has 0 aliphatic rings. The van der Waals surface area contributed by atoms with Crippen LogP contribution in [0.5, 0.6) is 0 Å². The summed E-state index contributed by atoms with van der Waals surface area (Å²) in [6.07, 6.45) is 1.89. The summed E-state index contributed by atoms with van der Waals surface area (Å²) in [4.78, 5) is 12.3. The minimum Gasteiger partial charge on any atom is -0.343 e. The van der Waals surface area contributed by atoms with E-state index in [2.05, 4.69) is 21.2 Å². The number of rotatable bonds is 3. The molecule has 5 heteroatoms. The van der Waals surface area contributed by atoms with Crippen molar-refractivity contribution in [1.29, 1.82) is 0 Å². The SMILES string of the molecule is CCn1cc(Br)cc1C(=O)Nc1ccc(Cl)cc1C. The van der Waals surface area contributed by atoms with Gasteiger partial charge in [0.2, 0.25) is 0 Å². The fraction of sp³-hybridized carbons (Fsp3) is 0.214. The fourth-order valence-corrected chi connectivity index (χ4v) is 2.57. The minimum absolute atomic E-state index is 0.127. The van der Waals surface area contributed by atoms with Crippen molar-refractivity contribution in [2.24, 2.45) is 0 Å². The van der Waals surface area contributed by atoms with Gasteiger partial charge in [0.05, 0.1) is 0 Å². The van der Waals surface area contributed by atoms with Gasteiger partial charge in [-0.2, -0.15) is 0 Å². The van der Waals surface area contributed by atoms with Crippen LogP contribution in [-0.2, 0) is 6.54 Å². The highest BCUT2D eigenvalue weighted by Crippen LogP contribution is 2.21. The number of aryl methyl sites for hydroxylation is 2. The number of hydrogen-bond donors (Lipinski definition) is 1. The number of halogens is 2. The van der Waals surface area contributed by atoms with Crippen LogP contribution in [0.25, 0.3) is 0 Å². The van der Waals surface area contributed by atoms with Crippen LogP contribution in [0.2, 0.25) is 5.02 Å². The highest BCUT2D eigenvalue weighted by Gasteiger charge is 2.13. The largest absolute Gasteiger partial charge is 0.343 e. The van der Waals surface area contributed by atoms with Crippen molar-refractivity contribution in [3.05, 3.63) is 51.2 Å². The van der Waals surface area contributed by atoms with Gasteiger partial charge in [-0.15, -0.1) is 0 Å². The van der Waals surface area contributed by atoms with E-state index >= 15 is 0 Å². The highest BCUT2D eigenvalue weighted by atomic mass is 79.9. The number of amides is 1. The average molecular weight is 342 g/mol. The number of hydrogen-bond acceptors (Lipinski definition) is 1. The summed E-state index contributed by atoms with van der Waals surface area (Å²) in [7, 11) is 0. The predicted octanol–water partition coefficient (Wildman–Crippen LogP) is 4.48. The lowest BCUT2D eigenvalue weighted by molar-refractivity contribution is 0.101. The fourth-order valence-electron chi connectivity index (χ4n) is 1.88. The van der Waals surface area contributed by atoms with Crippen molar-refractivity contribution >= 4 is 39.1 Å². The molecule has 1 aromatic carbocycles. The number of nitrogens with one attached hydrogen (secondary N) is 1. The van der Waals surface area contributed by atoms with Gasteiger partial charge >= 0.3 is 0 Å². The van der Waals surface area contributed by atoms with Crippen LogP contribution in [0.4, 0.5) is 5.69 Å². The maximum Gasteiger partial charge on any atom is 0.272 e. The summed E-state index contributed by atoms with van der Waals surface area (Å²) >= 11 is 9.28. The summed E-state index contributed by atoms with van der Waals surface area (Å²) in [6.45, 7) is 4.65. The molecule has 0 aliphatic carbocycles. The second-order valence-corrected chi connectivity index (χ2v) is 5.60. The molecule has 0 bridgehead atoms. The van der Waals surface area contributed by atoms with E-state index in [1.54, 1.807) is 6.07 Å². The third-order valence-electron chi connectivity index (χ3n) is 2.87. The van der Waals surface area contributed by atoms with Crippen molar-refractivity contribution in [1.82, 2.24) is 4.57 Å². The van der Waals surface area contributed by atoms with E-state index in [0.29, 0.717) is 10.7 Å². The number of anilines is 1. The van der Waals surface area contributed by atoms with Crippen LogP contribution in [-0.4, -0.2) is 10.5 Å². The lowest BCUT2D eigenvalue weighted by Crippen LogP contribution is -2.16. The first-order valence-corrected chi connectivity index (χ1v) is 7.11. The van der Waals surface area contributed by atoms with Gasteiger partial charge in [-0.05, 0) is 59.6 Å². The first-order chi connectivity index (χ1) is 9.01. The van der Waals surface area contributed by atoms with Gasteiger partial charge in [0.1, 0.15) is 5.69 Å². The Hall–Kier alpha value is -1.26. The van der Waals surface area contributed by atoms with E-state index in [1.165, 1.54) is 0 Å². The maximum atomic E-state index is 12.3. The molecule has 0 radical (unpaired) electrons. The Morgan fingerprint density at radius 3 is 2.79 bits per heavy atom. The Morgan fingerprint density at radius 1 is 1.42 bits per heavy atom. The lowest BCUT2D eigenvalue weighted by Gasteiger charge is -2.10. The van der Waals surface area contributed by atoms with E-state index in [0.717, 1.165) is 22.3 Å². The highest BCUT2D eigenvalue weighted by molar-refractivity contribution is 9.10.